The monoisotopic (exact) mass is 331 g/mol. The molecule has 1 aromatic carbocycles. The van der Waals surface area contributed by atoms with Gasteiger partial charge in [0, 0.05) is 21.8 Å². The molecule has 118 valence electrons. The molecule has 0 radical (unpaired) electrons. The van der Waals surface area contributed by atoms with Crippen LogP contribution in [0.15, 0.2) is 23.1 Å². The summed E-state index contributed by atoms with van der Waals surface area (Å²) in [5.41, 5.74) is 0.796. The van der Waals surface area contributed by atoms with Gasteiger partial charge in [0.15, 0.2) is 0 Å². The smallest absolute Gasteiger partial charge is 0.261 e. The Labute approximate surface area is 131 Å². The van der Waals surface area contributed by atoms with Gasteiger partial charge in [0.1, 0.15) is 0 Å². The van der Waals surface area contributed by atoms with Crippen LogP contribution in [-0.2, 0) is 9.05 Å². The van der Waals surface area contributed by atoms with Crippen LogP contribution in [0.4, 0.5) is 0 Å². The van der Waals surface area contributed by atoms with Crippen molar-refractivity contribution in [3.63, 3.8) is 0 Å². The van der Waals surface area contributed by atoms with Crippen LogP contribution in [0.1, 0.15) is 56.0 Å². The molecule has 0 bridgehead atoms. The van der Waals surface area contributed by atoms with Gasteiger partial charge in [-0.1, -0.05) is 26.8 Å². The van der Waals surface area contributed by atoms with Crippen molar-refractivity contribution in [3.05, 3.63) is 29.3 Å². The molecular formula is C15H22ClNO3S. The Bertz CT molecular complexity index is 614. The number of rotatable bonds is 6. The van der Waals surface area contributed by atoms with Crippen LogP contribution in [0.5, 0.6) is 0 Å². The van der Waals surface area contributed by atoms with E-state index in [0.717, 1.165) is 19.3 Å². The van der Waals surface area contributed by atoms with Crippen molar-refractivity contribution in [2.45, 2.75) is 57.4 Å². The molecule has 6 heteroatoms. The third kappa shape index (κ3) is 4.20. The molecule has 1 N–H and O–H groups in total. The molecule has 0 aliphatic heterocycles. The van der Waals surface area contributed by atoms with Crippen molar-refractivity contribution in [2.75, 3.05) is 0 Å². The molecule has 0 spiro atoms. The summed E-state index contributed by atoms with van der Waals surface area (Å²) in [5, 5.41) is 3.04. The lowest BCUT2D eigenvalue weighted by molar-refractivity contribution is 0.0887. The van der Waals surface area contributed by atoms with Crippen LogP contribution in [0.3, 0.4) is 0 Å². The number of hydrogen-bond donors (Lipinski definition) is 1. The van der Waals surface area contributed by atoms with Crippen molar-refractivity contribution in [3.8, 4) is 0 Å². The predicted octanol–water partition coefficient (Wildman–Crippen LogP) is 3.62. The maximum absolute atomic E-state index is 12.5. The molecule has 0 aliphatic carbocycles. The third-order valence-electron chi connectivity index (χ3n) is 4.14. The summed E-state index contributed by atoms with van der Waals surface area (Å²) >= 11 is 0. The van der Waals surface area contributed by atoms with Gasteiger partial charge >= 0.3 is 0 Å². The minimum Gasteiger partial charge on any atom is -0.347 e. The van der Waals surface area contributed by atoms with Gasteiger partial charge in [-0.05, 0) is 43.9 Å². The summed E-state index contributed by atoms with van der Waals surface area (Å²) in [6.07, 6.45) is 2.45. The fourth-order valence-corrected chi connectivity index (χ4v) is 3.10. The van der Waals surface area contributed by atoms with Crippen molar-refractivity contribution >= 4 is 25.6 Å². The zero-order valence-electron chi connectivity index (χ0n) is 12.9. The highest BCUT2D eigenvalue weighted by Crippen LogP contribution is 2.23. The highest BCUT2D eigenvalue weighted by Gasteiger charge is 2.27. The minimum absolute atomic E-state index is 0.0602. The Balaban J connectivity index is 3.19. The van der Waals surface area contributed by atoms with Gasteiger partial charge < -0.3 is 5.32 Å². The number of carbonyl (C=O) groups is 1. The van der Waals surface area contributed by atoms with Gasteiger partial charge in [-0.25, -0.2) is 8.42 Å². The van der Waals surface area contributed by atoms with E-state index in [2.05, 4.69) is 5.32 Å². The van der Waals surface area contributed by atoms with Crippen LogP contribution < -0.4 is 5.32 Å². The average molecular weight is 332 g/mol. The van der Waals surface area contributed by atoms with Crippen LogP contribution in [0, 0.1) is 6.92 Å². The maximum Gasteiger partial charge on any atom is 0.261 e. The molecule has 21 heavy (non-hydrogen) atoms. The van der Waals surface area contributed by atoms with E-state index in [1.54, 1.807) is 13.0 Å². The summed E-state index contributed by atoms with van der Waals surface area (Å²) in [7, 11) is 1.50. The highest BCUT2D eigenvalue weighted by molar-refractivity contribution is 8.13. The van der Waals surface area contributed by atoms with E-state index in [4.69, 9.17) is 10.7 Å². The lowest BCUT2D eigenvalue weighted by atomic mass is 9.89. The number of hydrogen-bond acceptors (Lipinski definition) is 3. The van der Waals surface area contributed by atoms with Crippen LogP contribution in [0.25, 0.3) is 0 Å². The van der Waals surface area contributed by atoms with Crippen LogP contribution in [0.2, 0.25) is 0 Å². The number of halogens is 1. The molecule has 1 aromatic rings. The van der Waals surface area contributed by atoms with E-state index in [1.165, 1.54) is 12.1 Å². The molecule has 0 heterocycles. The van der Waals surface area contributed by atoms with Crippen molar-refractivity contribution < 1.29 is 13.2 Å². The van der Waals surface area contributed by atoms with Crippen LogP contribution >= 0.6 is 10.7 Å². The molecule has 0 saturated heterocycles. The molecule has 1 rings (SSSR count). The fraction of sp³-hybridized carbons (Fsp3) is 0.533. The Morgan fingerprint density at radius 3 is 2.14 bits per heavy atom. The Morgan fingerprint density at radius 2 is 1.71 bits per heavy atom. The summed E-state index contributed by atoms with van der Waals surface area (Å²) in [6, 6.07) is 4.33. The number of benzene rings is 1. The van der Waals surface area contributed by atoms with E-state index < -0.39 is 9.05 Å². The Hall–Kier alpha value is -1.07. The predicted molar refractivity (Wildman–Crippen MR) is 85.3 cm³/mol. The Morgan fingerprint density at radius 1 is 1.19 bits per heavy atom. The van der Waals surface area contributed by atoms with Gasteiger partial charge in [-0.2, -0.15) is 0 Å². The second-order valence-electron chi connectivity index (χ2n) is 5.21. The van der Waals surface area contributed by atoms with Gasteiger partial charge in [0.25, 0.3) is 15.0 Å². The van der Waals surface area contributed by atoms with Crippen molar-refractivity contribution in [2.24, 2.45) is 0 Å². The number of amides is 1. The largest absolute Gasteiger partial charge is 0.347 e. The van der Waals surface area contributed by atoms with Gasteiger partial charge in [-0.3, -0.25) is 4.79 Å². The number of aryl methyl sites for hydroxylation is 1. The molecule has 0 fully saturated rings. The molecule has 0 aromatic heterocycles. The molecule has 4 nitrogen and oxygen atoms in total. The fourth-order valence-electron chi connectivity index (χ4n) is 2.32. The standard InChI is InChI=1S/C15H22ClNO3S/c1-5-15(6-2,7-3)17-14(18)13-10-12(21(16,19)20)9-8-11(13)4/h8-10H,5-7H2,1-4H3,(H,17,18). The van der Waals surface area contributed by atoms with Crippen molar-refractivity contribution in [1.29, 1.82) is 0 Å². The third-order valence-corrected chi connectivity index (χ3v) is 5.50. The summed E-state index contributed by atoms with van der Waals surface area (Å²) in [6.45, 7) is 7.85. The first kappa shape index (κ1) is 18.0. The molecule has 0 atom stereocenters. The van der Waals surface area contributed by atoms with Gasteiger partial charge in [0.2, 0.25) is 0 Å². The quantitative estimate of drug-likeness (QED) is 0.810. The molecule has 0 unspecified atom stereocenters. The first-order valence-corrected chi connectivity index (χ1v) is 9.38. The zero-order chi connectivity index (χ0) is 16.3. The highest BCUT2D eigenvalue weighted by atomic mass is 35.7. The first-order chi connectivity index (χ1) is 9.69. The number of carbonyl (C=O) groups excluding carboxylic acids is 1. The average Bonchev–Trinajstić information content (AvgIpc) is 2.44. The van der Waals surface area contributed by atoms with Crippen molar-refractivity contribution in [1.82, 2.24) is 5.32 Å². The SMILES string of the molecule is CCC(CC)(CC)NC(=O)c1cc(S(=O)(=O)Cl)ccc1C. The molecule has 0 saturated carbocycles. The summed E-state index contributed by atoms with van der Waals surface area (Å²) in [4.78, 5) is 12.4. The van der Waals surface area contributed by atoms with E-state index in [0.29, 0.717) is 11.1 Å². The molecule has 1 amide bonds. The molecular weight excluding hydrogens is 310 g/mol. The minimum atomic E-state index is -3.84. The maximum atomic E-state index is 12.5. The van der Waals surface area contributed by atoms with Crippen LogP contribution in [-0.4, -0.2) is 19.9 Å². The normalized spacial score (nSPS) is 12.2. The lowest BCUT2D eigenvalue weighted by Gasteiger charge is -2.32. The Kier molecular flexibility index (Phi) is 5.82. The number of nitrogens with one attached hydrogen (secondary N) is 1. The van der Waals surface area contributed by atoms with E-state index >= 15 is 0 Å². The summed E-state index contributed by atoms with van der Waals surface area (Å²) in [5.74, 6) is -0.264. The zero-order valence-corrected chi connectivity index (χ0v) is 14.4. The second kappa shape index (κ2) is 6.79. The summed E-state index contributed by atoms with van der Waals surface area (Å²) < 4.78 is 22.8. The van der Waals surface area contributed by atoms with E-state index in [1.807, 2.05) is 20.8 Å². The lowest BCUT2D eigenvalue weighted by Crippen LogP contribution is -2.47. The topological polar surface area (TPSA) is 63.2 Å². The first-order valence-electron chi connectivity index (χ1n) is 7.07. The second-order valence-corrected chi connectivity index (χ2v) is 7.78. The van der Waals surface area contributed by atoms with Gasteiger partial charge in [0.05, 0.1) is 4.90 Å². The van der Waals surface area contributed by atoms with E-state index in [-0.39, 0.29) is 16.3 Å². The molecule has 0 aliphatic rings. The van der Waals surface area contributed by atoms with Gasteiger partial charge in [-0.15, -0.1) is 0 Å². The van der Waals surface area contributed by atoms with E-state index in [9.17, 15) is 13.2 Å².